The first kappa shape index (κ1) is 21.7. The summed E-state index contributed by atoms with van der Waals surface area (Å²) in [5.74, 6) is 1.54. The van der Waals surface area contributed by atoms with Crippen LogP contribution in [0.4, 0.5) is 16.3 Å². The molecule has 28 heavy (non-hydrogen) atoms. The highest BCUT2D eigenvalue weighted by Gasteiger charge is 2.13. The van der Waals surface area contributed by atoms with Gasteiger partial charge in [-0.3, -0.25) is 5.32 Å². The fourth-order valence-corrected chi connectivity index (χ4v) is 3.11. The Kier molecular flexibility index (Phi) is 8.75. The van der Waals surface area contributed by atoms with E-state index in [1.165, 1.54) is 5.56 Å². The molecule has 2 N–H and O–H groups in total. The number of carbonyl (C=O) groups excluding carboxylic acids is 1. The molecule has 2 amide bonds. The maximum atomic E-state index is 12.3. The zero-order chi connectivity index (χ0) is 20.4. The topological polar surface area (TPSA) is 72.5 Å². The molecule has 1 aromatic heterocycles. The zero-order valence-corrected chi connectivity index (χ0v) is 17.2. The average molecular weight is 386 g/mol. The van der Waals surface area contributed by atoms with Crippen LogP contribution in [-0.2, 0) is 4.74 Å². The van der Waals surface area contributed by atoms with Gasteiger partial charge in [-0.25, -0.2) is 9.78 Å². The van der Waals surface area contributed by atoms with Crippen molar-refractivity contribution in [3.05, 3.63) is 47.7 Å². The van der Waals surface area contributed by atoms with Gasteiger partial charge in [0.2, 0.25) is 0 Å². The van der Waals surface area contributed by atoms with Gasteiger partial charge in [0.15, 0.2) is 0 Å². The molecule has 1 aromatic carbocycles. The smallest absolute Gasteiger partial charge is 0.324 e. The Morgan fingerprint density at radius 1 is 1.14 bits per heavy atom. The van der Waals surface area contributed by atoms with Gasteiger partial charge in [-0.2, -0.15) is 0 Å². The lowest BCUT2D eigenvalue weighted by molar-refractivity contribution is 0.138. The van der Waals surface area contributed by atoms with Gasteiger partial charge in [-0.05, 0) is 61.9 Å². The van der Waals surface area contributed by atoms with Gasteiger partial charge in [-0.1, -0.05) is 25.5 Å². The van der Waals surface area contributed by atoms with Gasteiger partial charge in [0, 0.05) is 19.4 Å². The Hall–Kier alpha value is -2.60. The van der Waals surface area contributed by atoms with E-state index in [9.17, 15) is 4.79 Å². The van der Waals surface area contributed by atoms with Crippen LogP contribution in [0.15, 0.2) is 36.5 Å². The molecule has 6 heteroatoms. The summed E-state index contributed by atoms with van der Waals surface area (Å²) < 4.78 is 10.8. The second kappa shape index (κ2) is 11.3. The van der Waals surface area contributed by atoms with Crippen molar-refractivity contribution < 1.29 is 14.3 Å². The monoisotopic (exact) mass is 385 g/mol. The molecule has 2 aromatic rings. The molecular formula is C22H31N3O3. The van der Waals surface area contributed by atoms with Crippen LogP contribution in [0.5, 0.6) is 5.75 Å². The third kappa shape index (κ3) is 6.53. The lowest BCUT2D eigenvalue weighted by Gasteiger charge is -2.17. The summed E-state index contributed by atoms with van der Waals surface area (Å²) in [6.45, 7) is 7.64. The van der Waals surface area contributed by atoms with E-state index in [4.69, 9.17) is 9.47 Å². The minimum Gasteiger partial charge on any atom is -0.495 e. The number of carbonyl (C=O) groups is 1. The van der Waals surface area contributed by atoms with E-state index >= 15 is 0 Å². The van der Waals surface area contributed by atoms with Crippen molar-refractivity contribution in [2.45, 2.75) is 46.0 Å². The summed E-state index contributed by atoms with van der Waals surface area (Å²) in [5.41, 5.74) is 2.83. The van der Waals surface area contributed by atoms with Gasteiger partial charge >= 0.3 is 6.03 Å². The number of nitrogens with zero attached hydrogens (tertiary/aromatic N) is 1. The standard InChI is InChI=1S/C22H31N3O3/c1-5-7-17(12-13-28-6-2)18-9-11-21(23-15-18)25-22(26)24-19-14-16(3)8-10-20(19)27-4/h8-11,14-15,17H,5-7,12-13H2,1-4H3,(H2,23,24,25,26). The molecule has 0 radical (unpaired) electrons. The number of aromatic nitrogens is 1. The average Bonchev–Trinajstić information content (AvgIpc) is 2.68. The summed E-state index contributed by atoms with van der Waals surface area (Å²) in [5, 5.41) is 5.58. The zero-order valence-electron chi connectivity index (χ0n) is 17.2. The van der Waals surface area contributed by atoms with Gasteiger partial charge in [0.25, 0.3) is 0 Å². The number of nitrogens with one attached hydrogen (secondary N) is 2. The molecule has 0 aliphatic heterocycles. The number of urea groups is 1. The quantitative estimate of drug-likeness (QED) is 0.541. The lowest BCUT2D eigenvalue weighted by Crippen LogP contribution is -2.20. The number of aryl methyl sites for hydroxylation is 1. The molecule has 1 atom stereocenters. The summed E-state index contributed by atoms with van der Waals surface area (Å²) in [4.78, 5) is 16.7. The Bertz CT molecular complexity index is 747. The molecule has 2 rings (SSSR count). The maximum absolute atomic E-state index is 12.3. The predicted molar refractivity (Wildman–Crippen MR) is 113 cm³/mol. The molecular weight excluding hydrogens is 354 g/mol. The number of methoxy groups -OCH3 is 1. The minimum atomic E-state index is -0.356. The molecule has 0 fully saturated rings. The highest BCUT2D eigenvalue weighted by atomic mass is 16.5. The third-order valence-electron chi connectivity index (χ3n) is 4.55. The van der Waals surface area contributed by atoms with Crippen LogP contribution < -0.4 is 15.4 Å². The van der Waals surface area contributed by atoms with Crippen LogP contribution in [0.25, 0.3) is 0 Å². The largest absolute Gasteiger partial charge is 0.495 e. The molecule has 0 bridgehead atoms. The summed E-state index contributed by atoms with van der Waals surface area (Å²) in [7, 11) is 1.58. The van der Waals surface area contributed by atoms with Crippen LogP contribution in [0.2, 0.25) is 0 Å². The summed E-state index contributed by atoms with van der Waals surface area (Å²) >= 11 is 0. The van der Waals surface area contributed by atoms with E-state index in [1.807, 2.05) is 50.4 Å². The van der Waals surface area contributed by atoms with Gasteiger partial charge < -0.3 is 14.8 Å². The maximum Gasteiger partial charge on any atom is 0.324 e. The number of hydrogen-bond acceptors (Lipinski definition) is 4. The normalized spacial score (nSPS) is 11.7. The summed E-state index contributed by atoms with van der Waals surface area (Å²) in [6.07, 6.45) is 5.02. The second-order valence-corrected chi connectivity index (χ2v) is 6.73. The lowest BCUT2D eigenvalue weighted by atomic mass is 9.93. The number of pyridine rings is 1. The molecule has 0 saturated heterocycles. The van der Waals surface area contributed by atoms with Gasteiger partial charge in [0.1, 0.15) is 11.6 Å². The van der Waals surface area contributed by atoms with Crippen LogP contribution >= 0.6 is 0 Å². The minimum absolute atomic E-state index is 0.356. The van der Waals surface area contributed by atoms with Crippen molar-refractivity contribution in [2.24, 2.45) is 0 Å². The first-order valence-corrected chi connectivity index (χ1v) is 9.83. The predicted octanol–water partition coefficient (Wildman–Crippen LogP) is 5.35. The second-order valence-electron chi connectivity index (χ2n) is 6.73. The molecule has 6 nitrogen and oxygen atoms in total. The number of ether oxygens (including phenoxy) is 2. The Morgan fingerprint density at radius 2 is 1.96 bits per heavy atom. The fourth-order valence-electron chi connectivity index (χ4n) is 3.11. The molecule has 1 unspecified atom stereocenters. The number of benzene rings is 1. The first-order valence-electron chi connectivity index (χ1n) is 9.83. The van der Waals surface area contributed by atoms with Crippen molar-refractivity contribution in [1.29, 1.82) is 0 Å². The SMILES string of the molecule is CCCC(CCOCC)c1ccc(NC(=O)Nc2cc(C)ccc2OC)nc1. The van der Waals surface area contributed by atoms with E-state index < -0.39 is 0 Å². The summed E-state index contributed by atoms with van der Waals surface area (Å²) in [6, 6.07) is 9.14. The van der Waals surface area contributed by atoms with Crippen molar-refractivity contribution in [2.75, 3.05) is 31.0 Å². The van der Waals surface area contributed by atoms with Crippen LogP contribution in [0.3, 0.4) is 0 Å². The molecule has 152 valence electrons. The van der Waals surface area contributed by atoms with Crippen LogP contribution in [0.1, 0.15) is 50.2 Å². The van der Waals surface area contributed by atoms with E-state index in [1.54, 1.807) is 7.11 Å². The number of amides is 2. The molecule has 0 spiro atoms. The fraction of sp³-hybridized carbons (Fsp3) is 0.455. The van der Waals surface area contributed by atoms with Crippen LogP contribution in [0, 0.1) is 6.92 Å². The van der Waals surface area contributed by atoms with E-state index in [0.29, 0.717) is 23.2 Å². The van der Waals surface area contributed by atoms with Crippen molar-refractivity contribution in [3.63, 3.8) is 0 Å². The van der Waals surface area contributed by atoms with Gasteiger partial charge in [0.05, 0.1) is 12.8 Å². The highest BCUT2D eigenvalue weighted by molar-refractivity contribution is 6.00. The van der Waals surface area contributed by atoms with E-state index in [0.717, 1.165) is 38.0 Å². The van der Waals surface area contributed by atoms with Gasteiger partial charge in [-0.15, -0.1) is 0 Å². The van der Waals surface area contributed by atoms with Crippen LogP contribution in [-0.4, -0.2) is 31.3 Å². The Balaban J connectivity index is 1.99. The highest BCUT2D eigenvalue weighted by Crippen LogP contribution is 2.26. The van der Waals surface area contributed by atoms with E-state index in [-0.39, 0.29) is 6.03 Å². The number of anilines is 2. The number of hydrogen-bond donors (Lipinski definition) is 2. The van der Waals surface area contributed by atoms with Crippen molar-refractivity contribution >= 4 is 17.5 Å². The van der Waals surface area contributed by atoms with Crippen molar-refractivity contribution in [1.82, 2.24) is 4.98 Å². The first-order chi connectivity index (χ1) is 13.6. The Morgan fingerprint density at radius 3 is 2.61 bits per heavy atom. The molecule has 1 heterocycles. The van der Waals surface area contributed by atoms with Crippen molar-refractivity contribution in [3.8, 4) is 5.75 Å². The molecule has 0 aliphatic carbocycles. The number of rotatable bonds is 10. The van der Waals surface area contributed by atoms with E-state index in [2.05, 4.69) is 22.5 Å². The molecule has 0 aliphatic rings. The Labute approximate surface area is 167 Å². The molecule has 0 saturated carbocycles. The third-order valence-corrected chi connectivity index (χ3v) is 4.55.